The van der Waals surface area contributed by atoms with Gasteiger partial charge in [0.15, 0.2) is 15.6 Å². The van der Waals surface area contributed by atoms with E-state index < -0.39 is 15.6 Å². The van der Waals surface area contributed by atoms with Gasteiger partial charge in [0.05, 0.1) is 24.7 Å². The molecule has 2 fully saturated rings. The van der Waals surface area contributed by atoms with Gasteiger partial charge < -0.3 is 9.47 Å². The van der Waals surface area contributed by atoms with Crippen molar-refractivity contribution in [2.45, 2.75) is 18.6 Å². The van der Waals surface area contributed by atoms with Gasteiger partial charge in [-0.25, -0.2) is 8.42 Å². The van der Waals surface area contributed by atoms with Crippen LogP contribution in [0.15, 0.2) is 30.3 Å². The maximum absolute atomic E-state index is 11.9. The Morgan fingerprint density at radius 2 is 1.84 bits per heavy atom. The van der Waals surface area contributed by atoms with Gasteiger partial charge in [-0.05, 0) is 12.0 Å². The highest BCUT2D eigenvalue weighted by molar-refractivity contribution is 7.91. The van der Waals surface area contributed by atoms with Crippen LogP contribution in [0.5, 0.6) is 0 Å². The van der Waals surface area contributed by atoms with E-state index in [0.29, 0.717) is 26.1 Å². The van der Waals surface area contributed by atoms with Crippen LogP contribution in [0.1, 0.15) is 12.0 Å². The van der Waals surface area contributed by atoms with Crippen molar-refractivity contribution in [3.8, 4) is 0 Å². The highest BCUT2D eigenvalue weighted by Gasteiger charge is 2.49. The summed E-state index contributed by atoms with van der Waals surface area (Å²) in [5, 5.41) is 0. The molecule has 19 heavy (non-hydrogen) atoms. The van der Waals surface area contributed by atoms with Crippen LogP contribution in [0.25, 0.3) is 0 Å². The number of sulfone groups is 1. The average molecular weight is 282 g/mol. The summed E-state index contributed by atoms with van der Waals surface area (Å²) in [6, 6.07) is 9.93. The van der Waals surface area contributed by atoms with Crippen LogP contribution in [0, 0.1) is 5.92 Å². The standard InChI is InChI=1S/C14H18O4S/c15-19(16)9-6-14(17-7-8-18-14)13(11-19)10-12-4-2-1-3-5-12/h1-5,13H,6-11H2. The lowest BCUT2D eigenvalue weighted by atomic mass is 9.90. The molecular formula is C14H18O4S. The third-order valence-corrected chi connectivity index (χ3v) is 5.68. The van der Waals surface area contributed by atoms with Crippen LogP contribution in [-0.4, -0.2) is 38.9 Å². The lowest BCUT2D eigenvalue weighted by Gasteiger charge is -2.39. The second-order valence-corrected chi connectivity index (χ2v) is 7.49. The quantitative estimate of drug-likeness (QED) is 0.823. The van der Waals surface area contributed by atoms with Gasteiger partial charge in [-0.1, -0.05) is 30.3 Å². The number of ether oxygens (including phenoxy) is 2. The summed E-state index contributed by atoms with van der Waals surface area (Å²) >= 11 is 0. The van der Waals surface area contributed by atoms with Crippen molar-refractivity contribution in [2.75, 3.05) is 24.7 Å². The smallest absolute Gasteiger partial charge is 0.173 e. The fourth-order valence-electron chi connectivity index (χ4n) is 2.98. The maximum atomic E-state index is 11.9. The third kappa shape index (κ3) is 2.68. The van der Waals surface area contributed by atoms with Crippen molar-refractivity contribution in [1.82, 2.24) is 0 Å². The molecule has 2 saturated heterocycles. The van der Waals surface area contributed by atoms with Crippen molar-refractivity contribution < 1.29 is 17.9 Å². The summed E-state index contributed by atoms with van der Waals surface area (Å²) < 4.78 is 35.3. The van der Waals surface area contributed by atoms with E-state index in [-0.39, 0.29) is 17.4 Å². The zero-order valence-corrected chi connectivity index (χ0v) is 11.6. The molecule has 4 nitrogen and oxygen atoms in total. The molecule has 2 aliphatic rings. The third-order valence-electron chi connectivity index (χ3n) is 3.94. The first-order valence-corrected chi connectivity index (χ1v) is 8.44. The van der Waals surface area contributed by atoms with Gasteiger partial charge in [-0.15, -0.1) is 0 Å². The zero-order chi connectivity index (χ0) is 13.3. The van der Waals surface area contributed by atoms with Gasteiger partial charge in [0.2, 0.25) is 0 Å². The minimum absolute atomic E-state index is 0.115. The molecule has 2 aliphatic heterocycles. The Morgan fingerprint density at radius 3 is 2.53 bits per heavy atom. The normalized spacial score (nSPS) is 28.5. The molecule has 2 heterocycles. The molecule has 5 heteroatoms. The molecule has 104 valence electrons. The molecule has 1 aromatic carbocycles. The largest absolute Gasteiger partial charge is 0.347 e. The molecule has 1 unspecified atom stereocenters. The maximum Gasteiger partial charge on any atom is 0.173 e. The summed E-state index contributed by atoms with van der Waals surface area (Å²) in [5.41, 5.74) is 1.13. The Bertz CT molecular complexity index is 532. The van der Waals surface area contributed by atoms with Gasteiger partial charge in [0.25, 0.3) is 0 Å². The van der Waals surface area contributed by atoms with Crippen LogP contribution in [-0.2, 0) is 25.7 Å². The summed E-state index contributed by atoms with van der Waals surface area (Å²) in [4.78, 5) is 0. The van der Waals surface area contributed by atoms with Crippen LogP contribution >= 0.6 is 0 Å². The van der Waals surface area contributed by atoms with Crippen molar-refractivity contribution in [3.63, 3.8) is 0 Å². The van der Waals surface area contributed by atoms with Gasteiger partial charge in [-0.3, -0.25) is 0 Å². The van der Waals surface area contributed by atoms with E-state index in [1.54, 1.807) is 0 Å². The van der Waals surface area contributed by atoms with E-state index in [2.05, 4.69) is 0 Å². The van der Waals surface area contributed by atoms with Crippen molar-refractivity contribution in [2.24, 2.45) is 5.92 Å². The summed E-state index contributed by atoms with van der Waals surface area (Å²) in [6.45, 7) is 1.12. The number of hydrogen-bond acceptors (Lipinski definition) is 4. The van der Waals surface area contributed by atoms with Crippen LogP contribution in [0.4, 0.5) is 0 Å². The average Bonchev–Trinajstić information content (AvgIpc) is 2.85. The summed E-state index contributed by atoms with van der Waals surface area (Å²) in [5.74, 6) is -0.474. The van der Waals surface area contributed by atoms with Crippen LogP contribution in [0.3, 0.4) is 0 Å². The second kappa shape index (κ2) is 4.89. The van der Waals surface area contributed by atoms with Crippen molar-refractivity contribution in [3.05, 3.63) is 35.9 Å². The predicted molar refractivity (Wildman–Crippen MR) is 71.5 cm³/mol. The predicted octanol–water partition coefficient (Wildman–Crippen LogP) is 1.41. The fourth-order valence-corrected chi connectivity index (χ4v) is 4.73. The lowest BCUT2D eigenvalue weighted by molar-refractivity contribution is -0.194. The highest BCUT2D eigenvalue weighted by Crippen LogP contribution is 2.38. The Kier molecular flexibility index (Phi) is 3.37. The minimum atomic E-state index is -2.98. The molecule has 0 aliphatic carbocycles. The van der Waals surface area contributed by atoms with E-state index >= 15 is 0 Å². The Hall–Kier alpha value is -0.910. The van der Waals surface area contributed by atoms with Gasteiger partial charge in [0.1, 0.15) is 0 Å². The first-order valence-electron chi connectivity index (χ1n) is 6.62. The SMILES string of the molecule is O=S1(=O)CCC2(OCCO2)C(Cc2ccccc2)C1. The van der Waals surface area contributed by atoms with Gasteiger partial charge in [-0.2, -0.15) is 0 Å². The van der Waals surface area contributed by atoms with E-state index in [4.69, 9.17) is 9.47 Å². The fraction of sp³-hybridized carbons (Fsp3) is 0.571. The molecule has 0 aromatic heterocycles. The number of hydrogen-bond donors (Lipinski definition) is 0. The van der Waals surface area contributed by atoms with Gasteiger partial charge in [0, 0.05) is 12.3 Å². The van der Waals surface area contributed by atoms with E-state index in [9.17, 15) is 8.42 Å². The van der Waals surface area contributed by atoms with E-state index in [1.165, 1.54) is 0 Å². The molecule has 0 N–H and O–H groups in total. The summed E-state index contributed by atoms with van der Waals surface area (Å²) in [6.07, 6.45) is 1.13. The van der Waals surface area contributed by atoms with Crippen molar-refractivity contribution >= 4 is 9.84 Å². The molecular weight excluding hydrogens is 264 g/mol. The first kappa shape index (κ1) is 13.1. The molecule has 0 radical (unpaired) electrons. The van der Waals surface area contributed by atoms with E-state index in [0.717, 1.165) is 5.56 Å². The highest BCUT2D eigenvalue weighted by atomic mass is 32.2. The minimum Gasteiger partial charge on any atom is -0.347 e. The monoisotopic (exact) mass is 282 g/mol. The molecule has 0 saturated carbocycles. The lowest BCUT2D eigenvalue weighted by Crippen LogP contribution is -2.49. The van der Waals surface area contributed by atoms with Crippen LogP contribution in [0.2, 0.25) is 0 Å². The molecule has 3 rings (SSSR count). The van der Waals surface area contributed by atoms with Crippen molar-refractivity contribution in [1.29, 1.82) is 0 Å². The van der Waals surface area contributed by atoms with Crippen LogP contribution < -0.4 is 0 Å². The van der Waals surface area contributed by atoms with E-state index in [1.807, 2.05) is 30.3 Å². The molecule has 0 bridgehead atoms. The second-order valence-electron chi connectivity index (χ2n) is 5.26. The topological polar surface area (TPSA) is 52.6 Å². The Balaban J connectivity index is 1.85. The summed E-state index contributed by atoms with van der Waals surface area (Å²) in [7, 11) is -2.98. The molecule has 0 amide bonds. The first-order chi connectivity index (χ1) is 9.10. The number of benzene rings is 1. The Morgan fingerprint density at radius 1 is 1.16 bits per heavy atom. The zero-order valence-electron chi connectivity index (χ0n) is 10.7. The molecule has 1 atom stereocenters. The molecule has 1 spiro atoms. The van der Waals surface area contributed by atoms with Gasteiger partial charge >= 0.3 is 0 Å². The molecule has 1 aromatic rings. The Labute approximate surface area is 113 Å². The number of rotatable bonds is 2.